The largest absolute Gasteiger partial charge is 0.335 e. The molecule has 2 aromatic rings. The molecule has 0 radical (unpaired) electrons. The first-order valence-electron chi connectivity index (χ1n) is 8.86. The van der Waals surface area contributed by atoms with Crippen LogP contribution in [0.4, 0.5) is 11.4 Å². The first kappa shape index (κ1) is 19.9. The summed E-state index contributed by atoms with van der Waals surface area (Å²) in [4.78, 5) is 49.3. The third-order valence-corrected chi connectivity index (χ3v) is 4.88. The highest BCUT2D eigenvalue weighted by atomic mass is 16.6. The van der Waals surface area contributed by atoms with Crippen molar-refractivity contribution in [1.29, 1.82) is 0 Å². The van der Waals surface area contributed by atoms with E-state index in [1.54, 1.807) is 29.2 Å². The van der Waals surface area contributed by atoms with Crippen LogP contribution in [0, 0.1) is 27.2 Å². The first-order valence-corrected chi connectivity index (χ1v) is 8.86. The highest BCUT2D eigenvalue weighted by Gasteiger charge is 2.30. The van der Waals surface area contributed by atoms with Crippen molar-refractivity contribution < 1.29 is 19.4 Å². The third-order valence-electron chi connectivity index (χ3n) is 4.88. The van der Waals surface area contributed by atoms with Gasteiger partial charge in [0.2, 0.25) is 0 Å². The molecule has 10 nitrogen and oxygen atoms in total. The average Bonchev–Trinajstić information content (AvgIpc) is 2.73. The topological polar surface area (TPSA) is 127 Å². The maximum absolute atomic E-state index is 12.9. The van der Waals surface area contributed by atoms with Crippen LogP contribution in [0.5, 0.6) is 0 Å². The Bertz CT molecular complexity index is 984. The molecule has 0 N–H and O–H groups in total. The highest BCUT2D eigenvalue weighted by molar-refractivity contribution is 5.98. The quantitative estimate of drug-likeness (QED) is 0.575. The molecule has 0 unspecified atom stereocenters. The molecule has 1 heterocycles. The lowest BCUT2D eigenvalue weighted by Gasteiger charge is -2.35. The summed E-state index contributed by atoms with van der Waals surface area (Å²) >= 11 is 0. The number of amides is 2. The zero-order valence-corrected chi connectivity index (χ0v) is 15.6. The van der Waals surface area contributed by atoms with Crippen LogP contribution in [0.25, 0.3) is 0 Å². The summed E-state index contributed by atoms with van der Waals surface area (Å²) < 4.78 is 0. The van der Waals surface area contributed by atoms with Crippen LogP contribution >= 0.6 is 0 Å². The van der Waals surface area contributed by atoms with Crippen LogP contribution in [0.1, 0.15) is 26.3 Å². The number of carbonyl (C=O) groups is 2. The van der Waals surface area contributed by atoms with Gasteiger partial charge < -0.3 is 9.80 Å². The molecule has 2 amide bonds. The molecule has 0 bridgehead atoms. The molecule has 29 heavy (non-hydrogen) atoms. The second kappa shape index (κ2) is 8.05. The molecule has 150 valence electrons. The van der Waals surface area contributed by atoms with Gasteiger partial charge in [-0.3, -0.25) is 29.8 Å². The molecule has 2 aromatic carbocycles. The molecular formula is C19H18N4O6. The van der Waals surface area contributed by atoms with Crippen LogP contribution in [0.2, 0.25) is 0 Å². The van der Waals surface area contributed by atoms with E-state index in [1.807, 2.05) is 6.07 Å². The monoisotopic (exact) mass is 398 g/mol. The molecule has 0 aliphatic carbocycles. The Morgan fingerprint density at radius 3 is 1.93 bits per heavy atom. The van der Waals surface area contributed by atoms with E-state index in [0.29, 0.717) is 18.7 Å². The van der Waals surface area contributed by atoms with Gasteiger partial charge in [0.1, 0.15) is 0 Å². The van der Waals surface area contributed by atoms with Crippen molar-refractivity contribution in [3.8, 4) is 0 Å². The molecule has 0 aromatic heterocycles. The van der Waals surface area contributed by atoms with Gasteiger partial charge in [0.25, 0.3) is 23.2 Å². The molecule has 1 fully saturated rings. The number of nitro groups is 2. The van der Waals surface area contributed by atoms with E-state index in [-0.39, 0.29) is 30.1 Å². The van der Waals surface area contributed by atoms with E-state index < -0.39 is 27.1 Å². The second-order valence-corrected chi connectivity index (χ2v) is 6.60. The number of benzene rings is 2. The van der Waals surface area contributed by atoms with Crippen molar-refractivity contribution in [2.45, 2.75) is 6.92 Å². The number of non-ortho nitro benzene ring substituents is 1. The van der Waals surface area contributed by atoms with Crippen molar-refractivity contribution in [2.24, 2.45) is 0 Å². The van der Waals surface area contributed by atoms with Gasteiger partial charge in [-0.05, 0) is 19.1 Å². The van der Waals surface area contributed by atoms with Crippen molar-refractivity contribution in [3.05, 3.63) is 79.4 Å². The van der Waals surface area contributed by atoms with Gasteiger partial charge in [-0.1, -0.05) is 18.2 Å². The van der Waals surface area contributed by atoms with E-state index in [9.17, 15) is 29.8 Å². The van der Waals surface area contributed by atoms with E-state index in [1.165, 1.54) is 11.8 Å². The summed E-state index contributed by atoms with van der Waals surface area (Å²) in [5.74, 6) is -0.666. The fourth-order valence-corrected chi connectivity index (χ4v) is 3.25. The Kier molecular flexibility index (Phi) is 5.53. The first-order chi connectivity index (χ1) is 13.8. The summed E-state index contributed by atoms with van der Waals surface area (Å²) in [5, 5.41) is 22.3. The standard InChI is InChI=1S/C19H18N4O6/c1-13-16(11-15(22(26)27)12-17(13)23(28)29)19(25)21-9-7-20(8-10-21)18(24)14-5-3-2-4-6-14/h2-6,11-12H,7-10H2,1H3. The van der Waals surface area contributed by atoms with Crippen molar-refractivity contribution in [3.63, 3.8) is 0 Å². The SMILES string of the molecule is Cc1c(C(=O)N2CCN(C(=O)c3ccccc3)CC2)cc([N+](=O)[O-])cc1[N+](=O)[O-]. The van der Waals surface area contributed by atoms with Gasteiger partial charge in [-0.25, -0.2) is 0 Å². The predicted molar refractivity (Wildman–Crippen MR) is 103 cm³/mol. The van der Waals surface area contributed by atoms with Crippen molar-refractivity contribution in [2.75, 3.05) is 26.2 Å². The van der Waals surface area contributed by atoms with Gasteiger partial charge in [0.05, 0.1) is 21.5 Å². The number of hydrogen-bond acceptors (Lipinski definition) is 6. The van der Waals surface area contributed by atoms with Crippen LogP contribution in [0.3, 0.4) is 0 Å². The van der Waals surface area contributed by atoms with Crippen LogP contribution in [-0.2, 0) is 0 Å². The van der Waals surface area contributed by atoms with Gasteiger partial charge >= 0.3 is 0 Å². The number of rotatable bonds is 4. The minimum absolute atomic E-state index is 0.0752. The highest BCUT2D eigenvalue weighted by Crippen LogP contribution is 2.29. The summed E-state index contributed by atoms with van der Waals surface area (Å²) in [5.41, 5.74) is -0.427. The van der Waals surface area contributed by atoms with E-state index in [0.717, 1.165) is 12.1 Å². The van der Waals surface area contributed by atoms with Gasteiger partial charge in [0.15, 0.2) is 0 Å². The van der Waals surface area contributed by atoms with Gasteiger partial charge in [0, 0.05) is 43.4 Å². The Balaban J connectivity index is 1.78. The minimum Gasteiger partial charge on any atom is -0.335 e. The molecule has 1 saturated heterocycles. The molecule has 0 saturated carbocycles. The summed E-state index contributed by atoms with van der Waals surface area (Å²) in [7, 11) is 0. The lowest BCUT2D eigenvalue weighted by Crippen LogP contribution is -2.50. The predicted octanol–water partition coefficient (Wildman–Crippen LogP) is 2.41. The van der Waals surface area contributed by atoms with Gasteiger partial charge in [-0.2, -0.15) is 0 Å². The van der Waals surface area contributed by atoms with Crippen LogP contribution in [-0.4, -0.2) is 57.6 Å². The Hall–Kier alpha value is -3.82. The molecule has 3 rings (SSSR count). The van der Waals surface area contributed by atoms with Crippen molar-refractivity contribution >= 4 is 23.2 Å². The van der Waals surface area contributed by atoms with Gasteiger partial charge in [-0.15, -0.1) is 0 Å². The molecular weight excluding hydrogens is 380 g/mol. The zero-order valence-electron chi connectivity index (χ0n) is 15.6. The lowest BCUT2D eigenvalue weighted by atomic mass is 10.0. The molecule has 10 heteroatoms. The number of piperazine rings is 1. The van der Waals surface area contributed by atoms with Crippen LogP contribution < -0.4 is 0 Å². The molecule has 0 spiro atoms. The average molecular weight is 398 g/mol. The molecule has 1 aliphatic rings. The van der Waals surface area contributed by atoms with E-state index in [4.69, 9.17) is 0 Å². The van der Waals surface area contributed by atoms with E-state index in [2.05, 4.69) is 0 Å². The third kappa shape index (κ3) is 4.05. The maximum Gasteiger partial charge on any atom is 0.279 e. The Morgan fingerprint density at radius 2 is 1.41 bits per heavy atom. The number of nitrogens with zero attached hydrogens (tertiary/aromatic N) is 4. The maximum atomic E-state index is 12.9. The Labute approximate surface area is 165 Å². The number of hydrogen-bond donors (Lipinski definition) is 0. The van der Waals surface area contributed by atoms with Crippen molar-refractivity contribution in [1.82, 2.24) is 9.80 Å². The fraction of sp³-hybridized carbons (Fsp3) is 0.263. The lowest BCUT2D eigenvalue weighted by molar-refractivity contribution is -0.394. The normalized spacial score (nSPS) is 13.8. The number of nitro benzene ring substituents is 2. The van der Waals surface area contributed by atoms with Crippen LogP contribution in [0.15, 0.2) is 42.5 Å². The summed E-state index contributed by atoms with van der Waals surface area (Å²) in [6.07, 6.45) is 0. The van der Waals surface area contributed by atoms with E-state index >= 15 is 0 Å². The Morgan fingerprint density at radius 1 is 0.862 bits per heavy atom. The second-order valence-electron chi connectivity index (χ2n) is 6.60. The zero-order chi connectivity index (χ0) is 21.1. The molecule has 0 atom stereocenters. The summed E-state index contributed by atoms with van der Waals surface area (Å²) in [6, 6.07) is 10.7. The smallest absolute Gasteiger partial charge is 0.279 e. The fourth-order valence-electron chi connectivity index (χ4n) is 3.25. The number of carbonyl (C=O) groups excluding carboxylic acids is 2. The minimum atomic E-state index is -0.764. The summed E-state index contributed by atoms with van der Waals surface area (Å²) in [6.45, 7) is 2.45. The molecule has 1 aliphatic heterocycles.